The number of nitrogens with one attached hydrogen (secondary N) is 2. The Hall–Kier alpha value is -0.880. The average molecular weight is 273 g/mol. The predicted molar refractivity (Wildman–Crippen MR) is 72.1 cm³/mol. The van der Waals surface area contributed by atoms with Crippen molar-refractivity contribution in [3.05, 3.63) is 29.0 Å². The lowest BCUT2D eigenvalue weighted by Gasteiger charge is -2.34. The second kappa shape index (κ2) is 6.33. The first-order valence-corrected chi connectivity index (χ1v) is 6.47. The maximum absolute atomic E-state index is 13.0. The summed E-state index contributed by atoms with van der Waals surface area (Å²) >= 11 is 5.75. The van der Waals surface area contributed by atoms with Crippen molar-refractivity contribution in [2.24, 2.45) is 5.73 Å². The Balaban J connectivity index is 1.93. The molecule has 0 amide bonds. The first-order chi connectivity index (χ1) is 8.69. The van der Waals surface area contributed by atoms with Crippen molar-refractivity contribution in [2.45, 2.75) is 12.5 Å². The lowest BCUT2D eigenvalue weighted by molar-refractivity contribution is 0.231. The van der Waals surface area contributed by atoms with Crippen LogP contribution in [0.4, 0.5) is 10.1 Å². The number of hydrogen-bond acceptors (Lipinski definition) is 4. The van der Waals surface area contributed by atoms with Crippen molar-refractivity contribution < 1.29 is 4.39 Å². The average Bonchev–Trinajstić information content (AvgIpc) is 2.35. The third kappa shape index (κ3) is 3.55. The van der Waals surface area contributed by atoms with Gasteiger partial charge in [-0.1, -0.05) is 11.6 Å². The molecule has 4 nitrogen and oxygen atoms in total. The van der Waals surface area contributed by atoms with Gasteiger partial charge in [-0.3, -0.25) is 0 Å². The largest absolute Gasteiger partial charge is 0.330 e. The Morgan fingerprint density at radius 2 is 2.39 bits per heavy atom. The highest BCUT2D eigenvalue weighted by Gasteiger charge is 2.18. The molecule has 2 rings (SSSR count). The summed E-state index contributed by atoms with van der Waals surface area (Å²) in [5, 5.41) is 5.64. The number of hydrazine groups is 1. The third-order valence-electron chi connectivity index (χ3n) is 2.98. The molecule has 0 aromatic heterocycles. The van der Waals surface area contributed by atoms with E-state index in [0.29, 0.717) is 12.6 Å². The van der Waals surface area contributed by atoms with Crippen LogP contribution in [0.3, 0.4) is 0 Å². The Bertz CT molecular complexity index is 400. The quantitative estimate of drug-likeness (QED) is 0.776. The fourth-order valence-corrected chi connectivity index (χ4v) is 2.25. The monoisotopic (exact) mass is 272 g/mol. The van der Waals surface area contributed by atoms with Crippen LogP contribution in [0.25, 0.3) is 0 Å². The van der Waals surface area contributed by atoms with Crippen LogP contribution < -0.4 is 16.5 Å². The summed E-state index contributed by atoms with van der Waals surface area (Å²) in [4.78, 5) is 0. The molecule has 18 heavy (non-hydrogen) atoms. The van der Waals surface area contributed by atoms with E-state index in [-0.39, 0.29) is 5.02 Å². The van der Waals surface area contributed by atoms with Crippen LogP contribution in [0.1, 0.15) is 6.42 Å². The normalized spacial score (nSPS) is 20.9. The highest BCUT2D eigenvalue weighted by atomic mass is 35.5. The van der Waals surface area contributed by atoms with E-state index in [1.54, 1.807) is 12.1 Å². The second-order valence-corrected chi connectivity index (χ2v) is 4.82. The summed E-state index contributed by atoms with van der Waals surface area (Å²) in [6.07, 6.45) is 0.947. The maximum Gasteiger partial charge on any atom is 0.141 e. The first kappa shape index (κ1) is 13.5. The minimum atomic E-state index is -0.400. The molecule has 0 aliphatic carbocycles. The topological polar surface area (TPSA) is 53.3 Å². The van der Waals surface area contributed by atoms with E-state index in [1.807, 2.05) is 0 Å². The van der Waals surface area contributed by atoms with Crippen LogP contribution in [0.2, 0.25) is 5.02 Å². The SMILES string of the molecule is NCCC1CN(Nc2ccc(F)c(Cl)c2)CCN1. The molecule has 1 aromatic rings. The smallest absolute Gasteiger partial charge is 0.141 e. The maximum atomic E-state index is 13.0. The number of piperazine rings is 1. The molecule has 0 spiro atoms. The summed E-state index contributed by atoms with van der Waals surface area (Å²) in [6, 6.07) is 5.04. The van der Waals surface area contributed by atoms with Crippen molar-refractivity contribution >= 4 is 17.3 Å². The molecular weight excluding hydrogens is 255 g/mol. The lowest BCUT2D eigenvalue weighted by atomic mass is 10.1. The summed E-state index contributed by atoms with van der Waals surface area (Å²) in [7, 11) is 0. The number of nitrogens with two attached hydrogens (primary N) is 1. The summed E-state index contributed by atoms with van der Waals surface area (Å²) in [5.74, 6) is -0.400. The Morgan fingerprint density at radius 1 is 1.56 bits per heavy atom. The molecule has 1 atom stereocenters. The van der Waals surface area contributed by atoms with Crippen molar-refractivity contribution in [2.75, 3.05) is 31.6 Å². The number of nitrogens with zero attached hydrogens (tertiary/aromatic N) is 1. The van der Waals surface area contributed by atoms with Gasteiger partial charge in [0.05, 0.1) is 10.7 Å². The van der Waals surface area contributed by atoms with Crippen LogP contribution in [0.15, 0.2) is 18.2 Å². The van der Waals surface area contributed by atoms with Crippen LogP contribution in [-0.4, -0.2) is 37.2 Å². The minimum absolute atomic E-state index is 0.133. The van der Waals surface area contributed by atoms with E-state index in [9.17, 15) is 4.39 Å². The fraction of sp³-hybridized carbons (Fsp3) is 0.500. The predicted octanol–water partition coefficient (Wildman–Crippen LogP) is 1.43. The second-order valence-electron chi connectivity index (χ2n) is 4.42. The molecule has 1 aliphatic rings. The zero-order valence-corrected chi connectivity index (χ0v) is 10.9. The number of benzene rings is 1. The molecule has 6 heteroatoms. The Labute approximate surface area is 111 Å². The molecule has 0 saturated carbocycles. The van der Waals surface area contributed by atoms with Gasteiger partial charge in [-0.25, -0.2) is 9.40 Å². The molecule has 1 aromatic carbocycles. The van der Waals surface area contributed by atoms with E-state index >= 15 is 0 Å². The molecule has 0 radical (unpaired) electrons. The van der Waals surface area contributed by atoms with E-state index in [0.717, 1.165) is 31.7 Å². The fourth-order valence-electron chi connectivity index (χ4n) is 2.07. The molecular formula is C12H18ClFN4. The van der Waals surface area contributed by atoms with Gasteiger partial charge in [0, 0.05) is 25.7 Å². The number of rotatable bonds is 4. The highest BCUT2D eigenvalue weighted by Crippen LogP contribution is 2.20. The van der Waals surface area contributed by atoms with Gasteiger partial charge < -0.3 is 16.5 Å². The van der Waals surface area contributed by atoms with Crippen molar-refractivity contribution in [3.63, 3.8) is 0 Å². The van der Waals surface area contributed by atoms with Gasteiger partial charge in [-0.05, 0) is 31.2 Å². The number of halogens is 2. The molecule has 1 fully saturated rings. The molecule has 1 saturated heterocycles. The van der Waals surface area contributed by atoms with Crippen LogP contribution in [0, 0.1) is 5.82 Å². The Kier molecular flexibility index (Phi) is 4.77. The van der Waals surface area contributed by atoms with Gasteiger partial charge in [0.2, 0.25) is 0 Å². The summed E-state index contributed by atoms with van der Waals surface area (Å²) in [5.41, 5.74) is 9.60. The van der Waals surface area contributed by atoms with Crippen LogP contribution in [-0.2, 0) is 0 Å². The molecule has 0 bridgehead atoms. The van der Waals surface area contributed by atoms with Crippen molar-refractivity contribution in [1.82, 2.24) is 10.3 Å². The highest BCUT2D eigenvalue weighted by molar-refractivity contribution is 6.31. The zero-order chi connectivity index (χ0) is 13.0. The molecule has 100 valence electrons. The van der Waals surface area contributed by atoms with E-state index < -0.39 is 5.82 Å². The van der Waals surface area contributed by atoms with Gasteiger partial charge in [0.15, 0.2) is 0 Å². The zero-order valence-electron chi connectivity index (χ0n) is 10.1. The van der Waals surface area contributed by atoms with Gasteiger partial charge in [0.1, 0.15) is 5.82 Å². The van der Waals surface area contributed by atoms with E-state index in [1.165, 1.54) is 6.07 Å². The van der Waals surface area contributed by atoms with Gasteiger partial charge in [-0.15, -0.1) is 0 Å². The van der Waals surface area contributed by atoms with E-state index in [2.05, 4.69) is 15.8 Å². The van der Waals surface area contributed by atoms with E-state index in [4.69, 9.17) is 17.3 Å². The van der Waals surface area contributed by atoms with Crippen LogP contribution in [0.5, 0.6) is 0 Å². The van der Waals surface area contributed by atoms with Crippen molar-refractivity contribution in [3.8, 4) is 0 Å². The Morgan fingerprint density at radius 3 is 3.11 bits per heavy atom. The standard InChI is InChI=1S/C12H18ClFN4/c13-11-7-9(1-2-12(11)14)17-18-6-5-16-10(8-18)3-4-15/h1-2,7,10,16-17H,3-6,8,15H2. The number of anilines is 1. The third-order valence-corrected chi connectivity index (χ3v) is 3.27. The summed E-state index contributed by atoms with van der Waals surface area (Å²) < 4.78 is 13.0. The van der Waals surface area contributed by atoms with Gasteiger partial charge in [0.25, 0.3) is 0 Å². The van der Waals surface area contributed by atoms with Gasteiger partial charge in [-0.2, -0.15) is 0 Å². The first-order valence-electron chi connectivity index (χ1n) is 6.09. The summed E-state index contributed by atoms with van der Waals surface area (Å²) in [6.45, 7) is 3.34. The van der Waals surface area contributed by atoms with Crippen LogP contribution >= 0.6 is 11.6 Å². The van der Waals surface area contributed by atoms with Crippen molar-refractivity contribution in [1.29, 1.82) is 0 Å². The minimum Gasteiger partial charge on any atom is -0.330 e. The molecule has 4 N–H and O–H groups in total. The molecule has 1 heterocycles. The van der Waals surface area contributed by atoms with Gasteiger partial charge >= 0.3 is 0 Å². The lowest BCUT2D eigenvalue weighted by Crippen LogP contribution is -2.53. The molecule has 1 aliphatic heterocycles. The number of hydrogen-bond donors (Lipinski definition) is 3. The molecule has 1 unspecified atom stereocenters.